The number of carboxylic acid groups (broad SMARTS) is 1. The lowest BCUT2D eigenvalue weighted by molar-refractivity contribution is -0.136. The molecule has 10 nitrogen and oxygen atoms in total. The number of amides is 5. The van der Waals surface area contributed by atoms with E-state index in [0.29, 0.717) is 31.9 Å². The van der Waals surface area contributed by atoms with Crippen LogP contribution >= 0.6 is 0 Å². The fourth-order valence-electron chi connectivity index (χ4n) is 4.12. The number of hydrogen-bond donors (Lipinski definition) is 4. The van der Waals surface area contributed by atoms with Gasteiger partial charge in [-0.25, -0.2) is 18.4 Å². The van der Waals surface area contributed by atoms with Crippen LogP contribution in [-0.4, -0.2) is 72.2 Å². The number of carbonyl (C=O) groups excluding carboxylic acids is 3. The molecule has 1 aromatic carbocycles. The summed E-state index contributed by atoms with van der Waals surface area (Å²) in [6.45, 7) is 3.14. The zero-order valence-corrected chi connectivity index (χ0v) is 17.5. The molecule has 2 unspecified atom stereocenters. The van der Waals surface area contributed by atoms with Gasteiger partial charge < -0.3 is 25.5 Å². The Kier molecular flexibility index (Phi) is 6.80. The Morgan fingerprint density at radius 2 is 1.88 bits per heavy atom. The topological polar surface area (TPSA) is 131 Å². The zero-order valence-electron chi connectivity index (χ0n) is 17.5. The van der Waals surface area contributed by atoms with E-state index in [4.69, 9.17) is 5.11 Å². The molecule has 0 bridgehead atoms. The molecule has 174 valence electrons. The number of imide groups is 1. The molecule has 0 aromatic heterocycles. The average molecular weight is 453 g/mol. The van der Waals surface area contributed by atoms with Gasteiger partial charge >= 0.3 is 12.1 Å². The normalized spacial score (nSPS) is 21.7. The van der Waals surface area contributed by atoms with Crippen molar-refractivity contribution in [2.24, 2.45) is 5.92 Å². The lowest BCUT2D eigenvalue weighted by atomic mass is 9.84. The molecular formula is C20H25F2N5O5. The van der Waals surface area contributed by atoms with Crippen molar-refractivity contribution in [3.05, 3.63) is 29.8 Å². The molecule has 0 radical (unpaired) electrons. The predicted octanol–water partition coefficient (Wildman–Crippen LogP) is 0.876. The maximum atomic E-state index is 13.5. The lowest BCUT2D eigenvalue weighted by Gasteiger charge is -2.38. The summed E-state index contributed by atoms with van der Waals surface area (Å²) in [6.07, 6.45) is -1.25. The van der Waals surface area contributed by atoms with E-state index in [0.717, 1.165) is 12.1 Å². The molecule has 2 atom stereocenters. The van der Waals surface area contributed by atoms with Crippen LogP contribution in [0.5, 0.6) is 0 Å². The van der Waals surface area contributed by atoms with Crippen LogP contribution in [0.3, 0.4) is 0 Å². The van der Waals surface area contributed by atoms with Gasteiger partial charge in [0, 0.05) is 50.4 Å². The van der Waals surface area contributed by atoms with Gasteiger partial charge in [0.2, 0.25) is 5.91 Å². The van der Waals surface area contributed by atoms with Crippen LogP contribution in [0.15, 0.2) is 18.2 Å². The minimum absolute atomic E-state index is 0.00159. The largest absolute Gasteiger partial charge is 0.465 e. The highest BCUT2D eigenvalue weighted by molar-refractivity contribution is 6.07. The molecule has 0 saturated carbocycles. The molecule has 12 heteroatoms. The van der Waals surface area contributed by atoms with E-state index < -0.39 is 41.1 Å². The number of hydrogen-bond acceptors (Lipinski definition) is 5. The molecule has 1 aromatic rings. The Balaban J connectivity index is 1.60. The molecule has 3 rings (SSSR count). The summed E-state index contributed by atoms with van der Waals surface area (Å²) in [5, 5.41) is 15.6. The van der Waals surface area contributed by atoms with Gasteiger partial charge in [-0.1, -0.05) is 6.92 Å². The lowest BCUT2D eigenvalue weighted by Crippen LogP contribution is -2.54. The highest BCUT2D eigenvalue weighted by Gasteiger charge is 2.47. The van der Waals surface area contributed by atoms with E-state index in [-0.39, 0.29) is 25.3 Å². The number of nitrogens with zero attached hydrogens (tertiary/aromatic N) is 2. The second-order valence-corrected chi connectivity index (χ2v) is 7.99. The third-order valence-corrected chi connectivity index (χ3v) is 5.78. The molecular weight excluding hydrogens is 428 g/mol. The maximum absolute atomic E-state index is 13.5. The molecule has 2 aliphatic rings. The number of benzene rings is 1. The van der Waals surface area contributed by atoms with E-state index in [2.05, 4.69) is 16.0 Å². The Hall–Kier alpha value is -3.44. The van der Waals surface area contributed by atoms with E-state index in [1.54, 1.807) is 11.8 Å². The van der Waals surface area contributed by atoms with Crippen LogP contribution in [0.1, 0.15) is 19.8 Å². The number of carbonyl (C=O) groups is 4. The van der Waals surface area contributed by atoms with Crippen LogP contribution in [0.2, 0.25) is 0 Å². The van der Waals surface area contributed by atoms with Crippen LogP contribution in [0.4, 0.5) is 24.1 Å². The van der Waals surface area contributed by atoms with Crippen molar-refractivity contribution in [1.82, 2.24) is 20.9 Å². The second kappa shape index (κ2) is 9.37. The first-order chi connectivity index (χ1) is 15.1. The maximum Gasteiger partial charge on any atom is 0.404 e. The molecule has 4 N–H and O–H groups in total. The molecule has 0 spiro atoms. The van der Waals surface area contributed by atoms with Crippen LogP contribution in [0.25, 0.3) is 0 Å². The van der Waals surface area contributed by atoms with Gasteiger partial charge in [0.15, 0.2) is 11.6 Å². The smallest absolute Gasteiger partial charge is 0.404 e. The predicted molar refractivity (Wildman–Crippen MR) is 109 cm³/mol. The van der Waals surface area contributed by atoms with Gasteiger partial charge in [0.25, 0.3) is 5.91 Å². The van der Waals surface area contributed by atoms with Crippen molar-refractivity contribution >= 4 is 29.6 Å². The van der Waals surface area contributed by atoms with Crippen molar-refractivity contribution < 1.29 is 33.1 Å². The summed E-state index contributed by atoms with van der Waals surface area (Å²) in [5.74, 6) is -3.30. The van der Waals surface area contributed by atoms with Gasteiger partial charge in [-0.15, -0.1) is 0 Å². The Morgan fingerprint density at radius 3 is 2.44 bits per heavy atom. The Labute approximate surface area is 182 Å². The Bertz CT molecular complexity index is 922. The molecule has 0 aliphatic carbocycles. The number of urea groups is 1. The van der Waals surface area contributed by atoms with Crippen molar-refractivity contribution in [3.63, 3.8) is 0 Å². The standard InChI is InChI=1S/C20H25F2N5O5/c1-12(11-20(4-5-23-19(31)32)17(29)24-18(30)25-20)16(28)27-8-6-26(7-9-27)13-2-3-14(21)15(22)10-13/h2-3,10,12,23H,4-9,11H2,1H3,(H,31,32)(H2,24,25,29,30). The molecule has 32 heavy (non-hydrogen) atoms. The van der Waals surface area contributed by atoms with Crippen molar-refractivity contribution in [1.29, 1.82) is 0 Å². The molecule has 2 saturated heterocycles. The molecule has 2 fully saturated rings. The van der Waals surface area contributed by atoms with Gasteiger partial charge in [-0.2, -0.15) is 0 Å². The third-order valence-electron chi connectivity index (χ3n) is 5.78. The second-order valence-electron chi connectivity index (χ2n) is 7.99. The van der Waals surface area contributed by atoms with Gasteiger partial charge in [0.1, 0.15) is 5.54 Å². The average Bonchev–Trinajstić information content (AvgIpc) is 3.02. The quantitative estimate of drug-likeness (QED) is 0.454. The van der Waals surface area contributed by atoms with E-state index in [1.807, 2.05) is 4.90 Å². The highest BCUT2D eigenvalue weighted by atomic mass is 19.2. The summed E-state index contributed by atoms with van der Waals surface area (Å²) >= 11 is 0. The zero-order chi connectivity index (χ0) is 23.5. The minimum atomic E-state index is -1.39. The van der Waals surface area contributed by atoms with E-state index >= 15 is 0 Å². The first-order valence-electron chi connectivity index (χ1n) is 10.2. The number of halogens is 2. The van der Waals surface area contributed by atoms with Crippen molar-refractivity contribution in [2.75, 3.05) is 37.6 Å². The van der Waals surface area contributed by atoms with Crippen molar-refractivity contribution in [2.45, 2.75) is 25.3 Å². The fourth-order valence-corrected chi connectivity index (χ4v) is 4.12. The summed E-state index contributed by atoms with van der Waals surface area (Å²) in [7, 11) is 0. The first-order valence-corrected chi connectivity index (χ1v) is 10.2. The molecule has 2 heterocycles. The van der Waals surface area contributed by atoms with Gasteiger partial charge in [0.05, 0.1) is 0 Å². The monoisotopic (exact) mass is 453 g/mol. The first kappa shape index (κ1) is 23.2. The number of anilines is 1. The van der Waals surface area contributed by atoms with Crippen LogP contribution in [-0.2, 0) is 9.59 Å². The number of piperazine rings is 1. The molecule has 5 amide bonds. The van der Waals surface area contributed by atoms with Crippen LogP contribution in [0, 0.1) is 17.6 Å². The van der Waals surface area contributed by atoms with Gasteiger partial charge in [-0.3, -0.25) is 14.9 Å². The summed E-state index contributed by atoms with van der Waals surface area (Å²) in [6, 6.07) is 2.97. The van der Waals surface area contributed by atoms with Crippen LogP contribution < -0.4 is 20.9 Å². The van der Waals surface area contributed by atoms with E-state index in [9.17, 15) is 28.0 Å². The molecule has 2 aliphatic heterocycles. The van der Waals surface area contributed by atoms with Crippen molar-refractivity contribution in [3.8, 4) is 0 Å². The summed E-state index contributed by atoms with van der Waals surface area (Å²) in [5.41, 5.74) is -0.860. The minimum Gasteiger partial charge on any atom is -0.465 e. The fraction of sp³-hybridized carbons (Fsp3) is 0.500. The number of rotatable bonds is 7. The van der Waals surface area contributed by atoms with Gasteiger partial charge in [-0.05, 0) is 25.0 Å². The SMILES string of the molecule is CC(CC1(CCNC(=O)O)NC(=O)NC1=O)C(=O)N1CCN(c2ccc(F)c(F)c2)CC1. The summed E-state index contributed by atoms with van der Waals surface area (Å²) < 4.78 is 26.7. The highest BCUT2D eigenvalue weighted by Crippen LogP contribution is 2.27. The van der Waals surface area contributed by atoms with E-state index in [1.165, 1.54) is 6.07 Å². The Morgan fingerprint density at radius 1 is 1.19 bits per heavy atom. The third kappa shape index (κ3) is 5.06. The summed E-state index contributed by atoms with van der Waals surface area (Å²) in [4.78, 5) is 51.3. The number of nitrogens with one attached hydrogen (secondary N) is 3.